The zero-order valence-electron chi connectivity index (χ0n) is 17.3. The second kappa shape index (κ2) is 10.3. The Bertz CT molecular complexity index is 613. The van der Waals surface area contributed by atoms with Crippen LogP contribution < -0.4 is 0 Å². The molecule has 1 aliphatic carbocycles. The lowest BCUT2D eigenvalue weighted by Gasteiger charge is -2.36. The fourth-order valence-corrected chi connectivity index (χ4v) is 4.88. The minimum absolute atomic E-state index is 0.0254. The molecule has 1 aromatic rings. The van der Waals surface area contributed by atoms with Crippen LogP contribution in [0.3, 0.4) is 0 Å². The molecule has 27 heavy (non-hydrogen) atoms. The molecule has 4 heteroatoms. The van der Waals surface area contributed by atoms with Crippen molar-refractivity contribution in [2.45, 2.75) is 77.6 Å². The van der Waals surface area contributed by atoms with Gasteiger partial charge in [0.25, 0.3) is 0 Å². The summed E-state index contributed by atoms with van der Waals surface area (Å²) in [6.45, 7) is 10.5. The molecule has 1 saturated carbocycles. The van der Waals surface area contributed by atoms with Crippen LogP contribution in [0.2, 0.25) is 0 Å². The van der Waals surface area contributed by atoms with E-state index in [4.69, 9.17) is 4.74 Å². The zero-order chi connectivity index (χ0) is 20.0. The van der Waals surface area contributed by atoms with Crippen LogP contribution >= 0.6 is 11.8 Å². The average molecular weight is 391 g/mol. The Morgan fingerprint density at radius 1 is 1.11 bits per heavy atom. The molecule has 0 aromatic heterocycles. The van der Waals surface area contributed by atoms with Crippen LogP contribution in [-0.2, 0) is 14.3 Å². The molecular weight excluding hydrogens is 356 g/mol. The Morgan fingerprint density at radius 2 is 1.78 bits per heavy atom. The van der Waals surface area contributed by atoms with Gasteiger partial charge in [-0.3, -0.25) is 9.59 Å². The lowest BCUT2D eigenvalue weighted by molar-refractivity contribution is -0.155. The third-order valence-corrected chi connectivity index (χ3v) is 6.82. The molecule has 0 N–H and O–H groups in total. The first kappa shape index (κ1) is 22.0. The number of rotatable bonds is 7. The molecule has 0 bridgehead atoms. The summed E-state index contributed by atoms with van der Waals surface area (Å²) in [5.74, 6) is 1.25. The Hall–Kier alpha value is -1.29. The fraction of sp³-hybridized carbons (Fsp3) is 0.652. The highest BCUT2D eigenvalue weighted by atomic mass is 32.2. The summed E-state index contributed by atoms with van der Waals surface area (Å²) in [6, 6.07) is 9.78. The number of carbonyl (C=O) groups is 2. The molecule has 0 saturated heterocycles. The Kier molecular flexibility index (Phi) is 8.40. The van der Waals surface area contributed by atoms with Crippen molar-refractivity contribution in [1.82, 2.24) is 0 Å². The summed E-state index contributed by atoms with van der Waals surface area (Å²) in [7, 11) is 0. The van der Waals surface area contributed by atoms with E-state index in [1.54, 1.807) is 0 Å². The highest BCUT2D eigenvalue weighted by molar-refractivity contribution is 8.14. The first-order chi connectivity index (χ1) is 12.8. The second-order valence-corrected chi connectivity index (χ2v) is 9.88. The monoisotopic (exact) mass is 390 g/mol. The second-order valence-electron chi connectivity index (χ2n) is 8.44. The molecule has 3 nitrogen and oxygen atoms in total. The van der Waals surface area contributed by atoms with E-state index < -0.39 is 0 Å². The van der Waals surface area contributed by atoms with Gasteiger partial charge in [0.1, 0.15) is 6.10 Å². The molecule has 150 valence electrons. The lowest BCUT2D eigenvalue weighted by atomic mass is 9.75. The third kappa shape index (κ3) is 6.67. The molecule has 1 aliphatic rings. The van der Waals surface area contributed by atoms with Crippen LogP contribution in [-0.4, -0.2) is 22.4 Å². The van der Waals surface area contributed by atoms with Gasteiger partial charge >= 0.3 is 5.97 Å². The quantitative estimate of drug-likeness (QED) is 0.549. The van der Waals surface area contributed by atoms with Crippen LogP contribution in [0, 0.1) is 17.8 Å². The number of ether oxygens (including phenoxy) is 1. The van der Waals surface area contributed by atoms with Crippen molar-refractivity contribution < 1.29 is 14.3 Å². The topological polar surface area (TPSA) is 43.4 Å². The Balaban J connectivity index is 1.84. The molecule has 0 spiro atoms. The number of thioether (sulfide) groups is 1. The van der Waals surface area contributed by atoms with Crippen LogP contribution in [0.25, 0.3) is 0 Å². The maximum atomic E-state index is 12.5. The van der Waals surface area contributed by atoms with Crippen molar-refractivity contribution in [2.24, 2.45) is 17.8 Å². The Morgan fingerprint density at radius 3 is 2.41 bits per heavy atom. The van der Waals surface area contributed by atoms with Gasteiger partial charge in [0.05, 0.1) is 12.3 Å². The predicted octanol–water partition coefficient (Wildman–Crippen LogP) is 5.83. The maximum absolute atomic E-state index is 12.5. The first-order valence-electron chi connectivity index (χ1n) is 10.2. The van der Waals surface area contributed by atoms with Crippen molar-refractivity contribution in [2.75, 3.05) is 0 Å². The smallest absolute Gasteiger partial charge is 0.307 e. The number of carbonyl (C=O) groups excluding carboxylic acids is 2. The van der Waals surface area contributed by atoms with Crippen molar-refractivity contribution >= 4 is 22.8 Å². The van der Waals surface area contributed by atoms with Crippen molar-refractivity contribution in [3.63, 3.8) is 0 Å². The number of esters is 1. The van der Waals surface area contributed by atoms with E-state index in [2.05, 4.69) is 20.8 Å². The maximum Gasteiger partial charge on any atom is 0.307 e. The van der Waals surface area contributed by atoms with E-state index in [0.717, 1.165) is 18.4 Å². The zero-order valence-corrected chi connectivity index (χ0v) is 18.1. The molecule has 0 amide bonds. The average Bonchev–Trinajstić information content (AvgIpc) is 2.61. The van der Waals surface area contributed by atoms with Gasteiger partial charge in [-0.25, -0.2) is 0 Å². The largest absolute Gasteiger partial charge is 0.462 e. The van der Waals surface area contributed by atoms with Crippen LogP contribution in [0.15, 0.2) is 30.3 Å². The van der Waals surface area contributed by atoms with Gasteiger partial charge in [-0.15, -0.1) is 0 Å². The van der Waals surface area contributed by atoms with E-state index >= 15 is 0 Å². The van der Waals surface area contributed by atoms with Gasteiger partial charge in [-0.2, -0.15) is 0 Å². The summed E-state index contributed by atoms with van der Waals surface area (Å²) in [5.41, 5.74) is 1.01. The van der Waals surface area contributed by atoms with Gasteiger partial charge in [0, 0.05) is 5.25 Å². The van der Waals surface area contributed by atoms with E-state index in [0.29, 0.717) is 17.8 Å². The summed E-state index contributed by atoms with van der Waals surface area (Å²) < 4.78 is 5.87. The molecule has 5 atom stereocenters. The van der Waals surface area contributed by atoms with E-state index in [1.807, 2.05) is 44.2 Å². The van der Waals surface area contributed by atoms with E-state index in [9.17, 15) is 9.59 Å². The lowest BCUT2D eigenvalue weighted by Crippen LogP contribution is -2.36. The molecule has 1 unspecified atom stereocenters. The van der Waals surface area contributed by atoms with E-state index in [-0.39, 0.29) is 34.8 Å². The number of benzene rings is 1. The minimum atomic E-state index is -0.167. The molecule has 2 rings (SSSR count). The van der Waals surface area contributed by atoms with E-state index in [1.165, 1.54) is 18.2 Å². The van der Waals surface area contributed by atoms with Gasteiger partial charge in [-0.1, -0.05) is 83.1 Å². The number of hydrogen-bond acceptors (Lipinski definition) is 4. The van der Waals surface area contributed by atoms with Crippen LogP contribution in [0.4, 0.5) is 0 Å². The standard InChI is InChI=1S/C23H34O3S/c1-15(2)20-12-11-16(3)13-21(20)26-22(24)14-17(4)27-23(25)18(5)19-9-7-6-8-10-19/h6-10,15-18,20-21H,11-14H2,1-5H3/t16-,17?,18+,20+,21-/m1/s1. The van der Waals surface area contributed by atoms with Crippen LogP contribution in [0.5, 0.6) is 0 Å². The summed E-state index contributed by atoms with van der Waals surface area (Å²) in [6.07, 6.45) is 3.62. The van der Waals surface area contributed by atoms with Gasteiger partial charge in [0.2, 0.25) is 0 Å². The highest BCUT2D eigenvalue weighted by Crippen LogP contribution is 2.36. The summed E-state index contributed by atoms with van der Waals surface area (Å²) in [5, 5.41) is 0.0301. The minimum Gasteiger partial charge on any atom is -0.462 e. The molecule has 1 fully saturated rings. The normalized spacial score (nSPS) is 25.0. The third-order valence-electron chi connectivity index (χ3n) is 5.67. The van der Waals surface area contributed by atoms with Gasteiger partial charge < -0.3 is 4.74 Å². The van der Waals surface area contributed by atoms with Crippen molar-refractivity contribution in [3.8, 4) is 0 Å². The molecule has 0 radical (unpaired) electrons. The van der Waals surface area contributed by atoms with Gasteiger partial charge in [-0.05, 0) is 36.2 Å². The predicted molar refractivity (Wildman–Crippen MR) is 113 cm³/mol. The molecule has 0 heterocycles. The Labute approximate surface area is 168 Å². The first-order valence-corrected chi connectivity index (χ1v) is 11.1. The van der Waals surface area contributed by atoms with Gasteiger partial charge in [0.15, 0.2) is 5.12 Å². The number of hydrogen-bond donors (Lipinski definition) is 0. The van der Waals surface area contributed by atoms with Crippen molar-refractivity contribution in [1.29, 1.82) is 0 Å². The molecular formula is C23H34O3S. The van der Waals surface area contributed by atoms with Crippen molar-refractivity contribution in [3.05, 3.63) is 35.9 Å². The SMILES string of the molecule is CC(CC(=O)O[C@@H]1C[C@H](C)CC[C@H]1C(C)C)SC(=O)[C@@H](C)c1ccccc1. The summed E-state index contributed by atoms with van der Waals surface area (Å²) in [4.78, 5) is 25.0. The fourth-order valence-electron chi connectivity index (χ4n) is 3.92. The summed E-state index contributed by atoms with van der Waals surface area (Å²) >= 11 is 1.26. The van der Waals surface area contributed by atoms with Crippen LogP contribution in [0.1, 0.15) is 71.8 Å². The highest BCUT2D eigenvalue weighted by Gasteiger charge is 2.33. The molecule has 1 aromatic carbocycles. The molecule has 0 aliphatic heterocycles.